The van der Waals surface area contributed by atoms with E-state index in [1.807, 2.05) is 13.8 Å². The van der Waals surface area contributed by atoms with Crippen molar-refractivity contribution in [2.45, 2.75) is 71.1 Å². The van der Waals surface area contributed by atoms with Gasteiger partial charge < -0.3 is 29.3 Å². The summed E-state index contributed by atoms with van der Waals surface area (Å²) in [5.74, 6) is 0.248. The molecule has 0 bridgehead atoms. The Hall–Kier alpha value is -2.81. The van der Waals surface area contributed by atoms with E-state index < -0.39 is 11.7 Å². The molecule has 0 aromatic heterocycles. The fourth-order valence-corrected chi connectivity index (χ4v) is 4.77. The van der Waals surface area contributed by atoms with Crippen molar-refractivity contribution >= 4 is 23.6 Å². The molecule has 2 aliphatic rings. The topological polar surface area (TPSA) is 99.6 Å². The van der Waals surface area contributed by atoms with Crippen molar-refractivity contribution in [2.75, 3.05) is 38.3 Å². The number of carboxylic acid groups (broad SMARTS) is 1. The van der Waals surface area contributed by atoms with Crippen molar-refractivity contribution < 1.29 is 29.0 Å². The second kappa shape index (κ2) is 10.6. The summed E-state index contributed by atoms with van der Waals surface area (Å²) in [5.41, 5.74) is 0.0524. The van der Waals surface area contributed by atoms with Crippen LogP contribution in [0.15, 0.2) is 18.2 Å². The lowest BCUT2D eigenvalue weighted by Crippen LogP contribution is -2.54. The van der Waals surface area contributed by atoms with Crippen molar-refractivity contribution in [3.05, 3.63) is 23.8 Å². The molecule has 2 aliphatic heterocycles. The monoisotopic (exact) mass is 475 g/mol. The summed E-state index contributed by atoms with van der Waals surface area (Å²) in [6.07, 6.45) is 2.08. The van der Waals surface area contributed by atoms with Crippen LogP contribution in [0.1, 0.15) is 63.7 Å². The smallest absolute Gasteiger partial charge is 0.407 e. The fraction of sp³-hybridized carbons (Fsp3) is 0.640. The third kappa shape index (κ3) is 5.46. The van der Waals surface area contributed by atoms with Gasteiger partial charge in [-0.15, -0.1) is 0 Å². The van der Waals surface area contributed by atoms with Crippen LogP contribution in [-0.4, -0.2) is 83.8 Å². The maximum atomic E-state index is 13.7. The molecule has 9 heteroatoms. The lowest BCUT2D eigenvalue weighted by Gasteiger charge is -2.41. The third-order valence-electron chi connectivity index (χ3n) is 6.45. The standard InChI is InChI=1S/C25H37N3O6/c1-17(2)28(19-9-8-12-26(16-19)24(31)32)22(29)18-10-11-21-20(15-18)27(13-6-7-14-33-5)23(30)25(3,4)34-21/h10-11,15,17,19H,6-9,12-14,16H2,1-5H3,(H,31,32)/t19-/m1/s1. The molecule has 0 aliphatic carbocycles. The first-order chi connectivity index (χ1) is 16.1. The Morgan fingerprint density at radius 3 is 2.68 bits per heavy atom. The predicted molar refractivity (Wildman–Crippen MR) is 129 cm³/mol. The number of carbonyl (C=O) groups excluding carboxylic acids is 2. The molecule has 188 valence electrons. The highest BCUT2D eigenvalue weighted by atomic mass is 16.5. The summed E-state index contributed by atoms with van der Waals surface area (Å²) in [6, 6.07) is 4.90. The van der Waals surface area contributed by atoms with E-state index in [9.17, 15) is 19.5 Å². The number of carbonyl (C=O) groups is 3. The van der Waals surface area contributed by atoms with Crippen LogP contribution in [0.5, 0.6) is 5.75 Å². The molecule has 3 amide bonds. The molecule has 34 heavy (non-hydrogen) atoms. The molecular formula is C25H37N3O6. The molecule has 1 N–H and O–H groups in total. The molecule has 3 rings (SSSR count). The molecule has 2 heterocycles. The van der Waals surface area contributed by atoms with E-state index in [0.717, 1.165) is 19.3 Å². The predicted octanol–water partition coefficient (Wildman–Crippen LogP) is 3.61. The van der Waals surface area contributed by atoms with Crippen LogP contribution < -0.4 is 9.64 Å². The molecule has 0 spiro atoms. The van der Waals surface area contributed by atoms with Crippen molar-refractivity contribution in [3.63, 3.8) is 0 Å². The lowest BCUT2D eigenvalue weighted by molar-refractivity contribution is -0.132. The summed E-state index contributed by atoms with van der Waals surface area (Å²) in [4.78, 5) is 43.2. The summed E-state index contributed by atoms with van der Waals surface area (Å²) in [5, 5.41) is 9.43. The SMILES string of the molecule is COCCCCN1C(=O)C(C)(C)Oc2ccc(C(=O)N(C(C)C)[C@@H]3CCCN(C(=O)O)C3)cc21. The average molecular weight is 476 g/mol. The minimum atomic E-state index is -0.994. The van der Waals surface area contributed by atoms with E-state index in [2.05, 4.69) is 0 Å². The van der Waals surface area contributed by atoms with E-state index in [-0.39, 0.29) is 23.9 Å². The second-order valence-electron chi connectivity index (χ2n) is 9.78. The van der Waals surface area contributed by atoms with Gasteiger partial charge in [-0.1, -0.05) is 0 Å². The Labute approximate surface area is 201 Å². The third-order valence-corrected chi connectivity index (χ3v) is 6.45. The summed E-state index contributed by atoms with van der Waals surface area (Å²) in [7, 11) is 1.65. The van der Waals surface area contributed by atoms with Gasteiger partial charge in [0.1, 0.15) is 5.75 Å². The summed E-state index contributed by atoms with van der Waals surface area (Å²) < 4.78 is 11.1. The van der Waals surface area contributed by atoms with Gasteiger partial charge in [-0.3, -0.25) is 9.59 Å². The van der Waals surface area contributed by atoms with Gasteiger partial charge in [-0.2, -0.15) is 0 Å². The molecular weight excluding hydrogens is 438 g/mol. The van der Waals surface area contributed by atoms with Crippen molar-refractivity contribution in [2.24, 2.45) is 0 Å². The number of piperidine rings is 1. The largest absolute Gasteiger partial charge is 0.476 e. The number of unbranched alkanes of at least 4 members (excludes halogenated alkanes) is 1. The zero-order chi connectivity index (χ0) is 25.0. The molecule has 1 aromatic rings. The number of nitrogens with zero attached hydrogens (tertiary/aromatic N) is 3. The van der Waals surface area contributed by atoms with Crippen LogP contribution in [-0.2, 0) is 9.53 Å². The normalized spacial score (nSPS) is 19.6. The van der Waals surface area contributed by atoms with Crippen LogP contribution >= 0.6 is 0 Å². The van der Waals surface area contributed by atoms with Crippen LogP contribution in [0, 0.1) is 0 Å². The average Bonchev–Trinajstić information content (AvgIpc) is 2.78. The molecule has 1 fully saturated rings. The highest BCUT2D eigenvalue weighted by Gasteiger charge is 2.41. The van der Waals surface area contributed by atoms with Gasteiger partial charge in [0, 0.05) is 45.0 Å². The number of benzene rings is 1. The lowest BCUT2D eigenvalue weighted by atomic mass is 9.99. The van der Waals surface area contributed by atoms with Gasteiger partial charge in [0.25, 0.3) is 11.8 Å². The highest BCUT2D eigenvalue weighted by molar-refractivity contribution is 6.04. The zero-order valence-electron chi connectivity index (χ0n) is 20.9. The van der Waals surface area contributed by atoms with Crippen molar-refractivity contribution in [3.8, 4) is 5.75 Å². The Kier molecular flexibility index (Phi) is 8.07. The summed E-state index contributed by atoms with van der Waals surface area (Å²) >= 11 is 0. The fourth-order valence-electron chi connectivity index (χ4n) is 4.77. The quantitative estimate of drug-likeness (QED) is 0.577. The van der Waals surface area contributed by atoms with Crippen LogP contribution in [0.3, 0.4) is 0 Å². The van der Waals surface area contributed by atoms with E-state index in [4.69, 9.17) is 9.47 Å². The number of hydrogen-bond acceptors (Lipinski definition) is 5. The highest BCUT2D eigenvalue weighted by Crippen LogP contribution is 2.39. The Morgan fingerprint density at radius 1 is 1.29 bits per heavy atom. The number of anilines is 1. The number of hydrogen-bond donors (Lipinski definition) is 1. The minimum absolute atomic E-state index is 0.107. The van der Waals surface area contributed by atoms with Gasteiger partial charge in [0.15, 0.2) is 5.60 Å². The minimum Gasteiger partial charge on any atom is -0.476 e. The van der Waals surface area contributed by atoms with E-state index in [1.54, 1.807) is 49.0 Å². The van der Waals surface area contributed by atoms with Gasteiger partial charge in [0.05, 0.1) is 11.7 Å². The molecule has 0 saturated carbocycles. The van der Waals surface area contributed by atoms with Crippen LogP contribution in [0.25, 0.3) is 0 Å². The van der Waals surface area contributed by atoms with Crippen LogP contribution in [0.4, 0.5) is 10.5 Å². The van der Waals surface area contributed by atoms with Gasteiger partial charge in [-0.05, 0) is 71.6 Å². The molecule has 9 nitrogen and oxygen atoms in total. The molecule has 1 atom stereocenters. The van der Waals surface area contributed by atoms with Crippen molar-refractivity contribution in [1.82, 2.24) is 9.80 Å². The number of likely N-dealkylation sites (tertiary alicyclic amines) is 1. The first kappa shape index (κ1) is 25.8. The maximum Gasteiger partial charge on any atom is 0.407 e. The number of fused-ring (bicyclic) bond motifs is 1. The number of amides is 3. The molecule has 0 radical (unpaired) electrons. The molecule has 0 unspecified atom stereocenters. The molecule has 1 saturated heterocycles. The van der Waals surface area contributed by atoms with E-state index in [0.29, 0.717) is 49.7 Å². The first-order valence-corrected chi connectivity index (χ1v) is 12.0. The number of rotatable bonds is 8. The van der Waals surface area contributed by atoms with E-state index >= 15 is 0 Å². The summed E-state index contributed by atoms with van der Waals surface area (Å²) in [6.45, 7) is 9.27. The molecule has 1 aromatic carbocycles. The zero-order valence-corrected chi connectivity index (χ0v) is 20.9. The van der Waals surface area contributed by atoms with Crippen molar-refractivity contribution in [1.29, 1.82) is 0 Å². The Balaban J connectivity index is 1.89. The van der Waals surface area contributed by atoms with Gasteiger partial charge in [-0.25, -0.2) is 4.79 Å². The van der Waals surface area contributed by atoms with Crippen LogP contribution in [0.2, 0.25) is 0 Å². The first-order valence-electron chi connectivity index (χ1n) is 12.0. The Bertz CT molecular complexity index is 916. The van der Waals surface area contributed by atoms with Gasteiger partial charge in [0.2, 0.25) is 0 Å². The second-order valence-corrected chi connectivity index (χ2v) is 9.78. The maximum absolute atomic E-state index is 13.7. The van der Waals surface area contributed by atoms with E-state index in [1.165, 1.54) is 4.90 Å². The Morgan fingerprint density at radius 2 is 2.03 bits per heavy atom. The number of ether oxygens (including phenoxy) is 2. The number of methoxy groups -OCH3 is 1. The van der Waals surface area contributed by atoms with Gasteiger partial charge >= 0.3 is 6.09 Å².